The maximum absolute atomic E-state index is 12.2. The van der Waals surface area contributed by atoms with Gasteiger partial charge in [0, 0.05) is 17.0 Å². The largest absolute Gasteiger partial charge is 0.497 e. The molecule has 0 atom stereocenters. The van der Waals surface area contributed by atoms with E-state index in [0.29, 0.717) is 22.2 Å². The highest BCUT2D eigenvalue weighted by atomic mass is 32.1. The fourth-order valence-corrected chi connectivity index (χ4v) is 5.46. The quantitative estimate of drug-likeness (QED) is 0.0979. The molecule has 0 aliphatic carbocycles. The Kier molecular flexibility index (Phi) is 8.79. The minimum atomic E-state index is -1.26. The van der Waals surface area contributed by atoms with E-state index in [2.05, 4.69) is 51.9 Å². The number of rotatable bonds is 12. The second kappa shape index (κ2) is 13.0. The van der Waals surface area contributed by atoms with E-state index in [1.54, 1.807) is 30.7 Å². The number of ether oxygens (including phenoxy) is 2. The Bertz CT molecular complexity index is 1560. The standard InChI is InChI=1S/C33H29N3O5S/c1-39-27-19-18-23(29(20-27)40-2)21-41-36-30(31(37)38)28-22-42-32(34-28)35-33(24-12-6-3-7-13-24,25-14-8-4-9-15-25)26-16-10-5-11-17-26/h3-20,22H,21H2,1-2H3,(H,34,35)(H,37,38)/b36-30-. The molecule has 0 aliphatic heterocycles. The number of thiazole rings is 1. The van der Waals surface area contributed by atoms with Crippen molar-refractivity contribution in [2.75, 3.05) is 19.5 Å². The van der Waals surface area contributed by atoms with E-state index >= 15 is 0 Å². The molecular formula is C33H29N3O5S. The molecule has 0 bridgehead atoms. The zero-order chi connectivity index (χ0) is 29.4. The Labute approximate surface area is 247 Å². The average Bonchev–Trinajstić information content (AvgIpc) is 3.50. The lowest BCUT2D eigenvalue weighted by molar-refractivity contribution is -0.129. The SMILES string of the molecule is COc1ccc(CO/N=C(\C(=O)O)c2csc(NC(c3ccccc3)(c3ccccc3)c3ccccc3)n2)c(OC)c1. The van der Waals surface area contributed by atoms with Gasteiger partial charge >= 0.3 is 5.97 Å². The molecule has 4 aromatic carbocycles. The number of carbonyl (C=O) groups is 1. The highest BCUT2D eigenvalue weighted by Gasteiger charge is 2.37. The number of oxime groups is 1. The van der Waals surface area contributed by atoms with E-state index in [9.17, 15) is 9.90 Å². The molecule has 42 heavy (non-hydrogen) atoms. The number of nitrogens with one attached hydrogen (secondary N) is 1. The summed E-state index contributed by atoms with van der Waals surface area (Å²) in [6, 6.07) is 35.5. The first kappa shape index (κ1) is 28.4. The van der Waals surface area contributed by atoms with Gasteiger partial charge in [0.2, 0.25) is 5.71 Å². The van der Waals surface area contributed by atoms with Crippen molar-refractivity contribution in [3.63, 3.8) is 0 Å². The molecule has 5 aromatic rings. The van der Waals surface area contributed by atoms with Gasteiger partial charge in [0.05, 0.1) is 14.2 Å². The first-order valence-electron chi connectivity index (χ1n) is 13.1. The average molecular weight is 580 g/mol. The Morgan fingerprint density at radius 3 is 1.93 bits per heavy atom. The molecular weight excluding hydrogens is 550 g/mol. The van der Waals surface area contributed by atoms with Crippen molar-refractivity contribution in [3.05, 3.63) is 143 Å². The number of hydrogen-bond donors (Lipinski definition) is 2. The molecule has 0 spiro atoms. The van der Waals surface area contributed by atoms with Gasteiger partial charge in [-0.3, -0.25) is 0 Å². The Morgan fingerprint density at radius 1 is 0.857 bits per heavy atom. The summed E-state index contributed by atoms with van der Waals surface area (Å²) in [7, 11) is 3.10. The first-order valence-corrected chi connectivity index (χ1v) is 14.0. The Morgan fingerprint density at radius 2 is 1.43 bits per heavy atom. The third-order valence-electron chi connectivity index (χ3n) is 6.73. The van der Waals surface area contributed by atoms with Gasteiger partial charge in [-0.2, -0.15) is 0 Å². The molecule has 8 nitrogen and oxygen atoms in total. The van der Waals surface area contributed by atoms with Crippen LogP contribution in [-0.4, -0.2) is 36.0 Å². The molecule has 0 amide bonds. The summed E-state index contributed by atoms with van der Waals surface area (Å²) in [6.45, 7) is -0.00166. The second-order valence-corrected chi connectivity index (χ2v) is 10.1. The predicted molar refractivity (Wildman–Crippen MR) is 163 cm³/mol. The summed E-state index contributed by atoms with van der Waals surface area (Å²) in [5.41, 5.74) is 2.76. The van der Waals surface area contributed by atoms with Gasteiger partial charge in [-0.25, -0.2) is 9.78 Å². The predicted octanol–water partition coefficient (Wildman–Crippen LogP) is 6.57. The summed E-state index contributed by atoms with van der Waals surface area (Å²) in [5.74, 6) is -0.0833. The monoisotopic (exact) mass is 579 g/mol. The lowest BCUT2D eigenvalue weighted by Gasteiger charge is -2.36. The van der Waals surface area contributed by atoms with Gasteiger partial charge in [-0.05, 0) is 28.8 Å². The van der Waals surface area contributed by atoms with Crippen LogP contribution in [0.5, 0.6) is 11.5 Å². The number of hydrogen-bond acceptors (Lipinski definition) is 8. The summed E-state index contributed by atoms with van der Waals surface area (Å²) in [6.07, 6.45) is 0. The minimum absolute atomic E-state index is 0.00166. The van der Waals surface area contributed by atoms with Gasteiger partial charge < -0.3 is 24.7 Å². The van der Waals surface area contributed by atoms with E-state index in [1.165, 1.54) is 18.4 Å². The first-order chi connectivity index (χ1) is 20.5. The van der Waals surface area contributed by atoms with Crippen molar-refractivity contribution in [1.82, 2.24) is 4.98 Å². The minimum Gasteiger partial charge on any atom is -0.497 e. The van der Waals surface area contributed by atoms with Crippen molar-refractivity contribution in [3.8, 4) is 11.5 Å². The van der Waals surface area contributed by atoms with Crippen LogP contribution in [0.2, 0.25) is 0 Å². The van der Waals surface area contributed by atoms with Crippen molar-refractivity contribution in [1.29, 1.82) is 0 Å². The van der Waals surface area contributed by atoms with Crippen LogP contribution in [0.15, 0.2) is 120 Å². The number of nitrogens with zero attached hydrogens (tertiary/aromatic N) is 2. The summed E-state index contributed by atoms with van der Waals surface area (Å²) < 4.78 is 10.6. The highest BCUT2D eigenvalue weighted by Crippen LogP contribution is 2.40. The summed E-state index contributed by atoms with van der Waals surface area (Å²) in [4.78, 5) is 22.3. The van der Waals surface area contributed by atoms with Crippen LogP contribution >= 0.6 is 11.3 Å². The second-order valence-electron chi connectivity index (χ2n) is 9.21. The summed E-state index contributed by atoms with van der Waals surface area (Å²) in [5, 5.41) is 19.7. The normalized spacial score (nSPS) is 11.5. The number of methoxy groups -OCH3 is 2. The van der Waals surface area contributed by atoms with Crippen LogP contribution in [0.4, 0.5) is 5.13 Å². The van der Waals surface area contributed by atoms with E-state index in [-0.39, 0.29) is 18.0 Å². The molecule has 0 radical (unpaired) electrons. The van der Waals surface area contributed by atoms with Crippen LogP contribution in [0.1, 0.15) is 27.9 Å². The molecule has 0 aliphatic rings. The topological polar surface area (TPSA) is 102 Å². The van der Waals surface area contributed by atoms with Crippen LogP contribution in [0, 0.1) is 0 Å². The van der Waals surface area contributed by atoms with Crippen LogP contribution in [0.3, 0.4) is 0 Å². The number of carboxylic acid groups (broad SMARTS) is 1. The molecule has 0 saturated heterocycles. The number of benzene rings is 4. The van der Waals surface area contributed by atoms with E-state index < -0.39 is 11.5 Å². The lowest BCUT2D eigenvalue weighted by atomic mass is 9.77. The van der Waals surface area contributed by atoms with Crippen molar-refractivity contribution < 1.29 is 24.2 Å². The Balaban J connectivity index is 1.49. The molecule has 9 heteroatoms. The number of aliphatic carboxylic acids is 1. The van der Waals surface area contributed by atoms with Gasteiger partial charge in [0.1, 0.15) is 29.3 Å². The van der Waals surface area contributed by atoms with Gasteiger partial charge in [0.25, 0.3) is 0 Å². The molecule has 1 heterocycles. The van der Waals surface area contributed by atoms with Crippen LogP contribution in [-0.2, 0) is 21.8 Å². The maximum Gasteiger partial charge on any atom is 0.360 e. The van der Waals surface area contributed by atoms with E-state index in [0.717, 1.165) is 16.7 Å². The lowest BCUT2D eigenvalue weighted by Crippen LogP contribution is -2.38. The third-order valence-corrected chi connectivity index (χ3v) is 7.49. The van der Waals surface area contributed by atoms with Crippen molar-refractivity contribution in [2.24, 2.45) is 5.16 Å². The molecule has 0 fully saturated rings. The fourth-order valence-electron chi connectivity index (χ4n) is 4.71. The number of aromatic nitrogens is 1. The third kappa shape index (κ3) is 5.96. The zero-order valence-electron chi connectivity index (χ0n) is 23.1. The summed E-state index contributed by atoms with van der Waals surface area (Å²) >= 11 is 1.29. The number of anilines is 1. The highest BCUT2D eigenvalue weighted by molar-refractivity contribution is 7.14. The smallest absolute Gasteiger partial charge is 0.360 e. The van der Waals surface area contributed by atoms with E-state index in [1.807, 2.05) is 54.6 Å². The van der Waals surface area contributed by atoms with Gasteiger partial charge in [-0.1, -0.05) is 96.2 Å². The molecule has 2 N–H and O–H groups in total. The molecule has 212 valence electrons. The van der Waals surface area contributed by atoms with Gasteiger partial charge in [0.15, 0.2) is 5.13 Å². The molecule has 1 aromatic heterocycles. The fraction of sp³-hybridized carbons (Fsp3) is 0.121. The van der Waals surface area contributed by atoms with Crippen molar-refractivity contribution >= 4 is 28.1 Å². The van der Waals surface area contributed by atoms with Gasteiger partial charge in [-0.15, -0.1) is 11.3 Å². The zero-order valence-corrected chi connectivity index (χ0v) is 23.9. The number of carboxylic acids is 1. The van der Waals surface area contributed by atoms with Crippen LogP contribution in [0.25, 0.3) is 0 Å². The Hall–Kier alpha value is -5.15. The van der Waals surface area contributed by atoms with Crippen molar-refractivity contribution in [2.45, 2.75) is 12.1 Å². The maximum atomic E-state index is 12.2. The van der Waals surface area contributed by atoms with E-state index in [4.69, 9.17) is 14.3 Å². The van der Waals surface area contributed by atoms with Crippen LogP contribution < -0.4 is 14.8 Å². The molecule has 0 saturated carbocycles. The molecule has 5 rings (SSSR count). The molecule has 0 unspecified atom stereocenters.